The zero-order chi connectivity index (χ0) is 17.3. The summed E-state index contributed by atoms with van der Waals surface area (Å²) in [6, 6.07) is 1.26. The molecule has 1 saturated carbocycles. The topological polar surface area (TPSA) is 116 Å². The maximum absolute atomic E-state index is 12.4. The predicted octanol–water partition coefficient (Wildman–Crippen LogP) is 1.27. The van der Waals surface area contributed by atoms with Crippen molar-refractivity contribution in [2.75, 3.05) is 0 Å². The SMILES string of the molecule is O=C1CCCc2[nH]c(=O)c(C(=O)NC3CCC(C(=O)O)CC3)cc21. The highest BCUT2D eigenvalue weighted by atomic mass is 16.4. The van der Waals surface area contributed by atoms with Gasteiger partial charge in [0.05, 0.1) is 5.92 Å². The van der Waals surface area contributed by atoms with Crippen LogP contribution in [-0.2, 0) is 11.2 Å². The first-order valence-corrected chi connectivity index (χ1v) is 8.28. The van der Waals surface area contributed by atoms with Gasteiger partial charge in [-0.3, -0.25) is 19.2 Å². The number of aromatic amines is 1. The van der Waals surface area contributed by atoms with E-state index < -0.39 is 17.4 Å². The molecule has 0 radical (unpaired) electrons. The molecular weight excluding hydrogens is 312 g/mol. The van der Waals surface area contributed by atoms with Crippen LogP contribution in [0.5, 0.6) is 0 Å². The number of hydrogen-bond acceptors (Lipinski definition) is 4. The number of amides is 1. The first kappa shape index (κ1) is 16.4. The van der Waals surface area contributed by atoms with Gasteiger partial charge in [-0.15, -0.1) is 0 Å². The zero-order valence-corrected chi connectivity index (χ0v) is 13.3. The number of aliphatic carboxylic acids is 1. The summed E-state index contributed by atoms with van der Waals surface area (Å²) in [4.78, 5) is 50.1. The third kappa shape index (κ3) is 3.25. The lowest BCUT2D eigenvalue weighted by Crippen LogP contribution is -2.41. The van der Waals surface area contributed by atoms with Crippen molar-refractivity contribution in [3.05, 3.63) is 33.2 Å². The predicted molar refractivity (Wildman–Crippen MR) is 85.2 cm³/mol. The molecule has 2 aliphatic carbocycles. The highest BCUT2D eigenvalue weighted by Gasteiger charge is 2.28. The Morgan fingerprint density at radius 3 is 2.50 bits per heavy atom. The van der Waals surface area contributed by atoms with Crippen molar-refractivity contribution in [1.82, 2.24) is 10.3 Å². The molecule has 1 fully saturated rings. The molecular formula is C17H20N2O5. The third-order valence-electron chi connectivity index (χ3n) is 4.91. The molecule has 1 aromatic rings. The number of fused-ring (bicyclic) bond motifs is 1. The van der Waals surface area contributed by atoms with Crippen LogP contribution in [0.25, 0.3) is 0 Å². The highest BCUT2D eigenvalue weighted by molar-refractivity contribution is 6.01. The average molecular weight is 332 g/mol. The van der Waals surface area contributed by atoms with Crippen LogP contribution in [0.1, 0.15) is 64.9 Å². The van der Waals surface area contributed by atoms with Crippen LogP contribution >= 0.6 is 0 Å². The summed E-state index contributed by atoms with van der Waals surface area (Å²) in [6.45, 7) is 0. The third-order valence-corrected chi connectivity index (χ3v) is 4.91. The van der Waals surface area contributed by atoms with E-state index in [4.69, 9.17) is 5.11 Å². The van der Waals surface area contributed by atoms with E-state index in [2.05, 4.69) is 10.3 Å². The summed E-state index contributed by atoms with van der Waals surface area (Å²) in [6.07, 6.45) is 3.95. The van der Waals surface area contributed by atoms with E-state index in [9.17, 15) is 19.2 Å². The lowest BCUT2D eigenvalue weighted by atomic mass is 9.86. The van der Waals surface area contributed by atoms with Gasteiger partial charge in [0.2, 0.25) is 0 Å². The normalized spacial score (nSPS) is 23.4. The van der Waals surface area contributed by atoms with Crippen molar-refractivity contribution in [2.24, 2.45) is 5.92 Å². The smallest absolute Gasteiger partial charge is 0.306 e. The fraction of sp³-hybridized carbons (Fsp3) is 0.529. The molecule has 3 N–H and O–H groups in total. The van der Waals surface area contributed by atoms with Gasteiger partial charge >= 0.3 is 5.97 Å². The molecule has 0 atom stereocenters. The number of aromatic nitrogens is 1. The second-order valence-electron chi connectivity index (χ2n) is 6.54. The number of H-pyrrole nitrogens is 1. The van der Waals surface area contributed by atoms with Crippen LogP contribution in [-0.4, -0.2) is 33.8 Å². The van der Waals surface area contributed by atoms with Crippen molar-refractivity contribution >= 4 is 17.7 Å². The van der Waals surface area contributed by atoms with Crippen molar-refractivity contribution < 1.29 is 19.5 Å². The molecule has 1 amide bonds. The number of nitrogens with one attached hydrogen (secondary N) is 2. The summed E-state index contributed by atoms with van der Waals surface area (Å²) >= 11 is 0. The van der Waals surface area contributed by atoms with Crippen molar-refractivity contribution in [3.8, 4) is 0 Å². The van der Waals surface area contributed by atoms with Gasteiger partial charge in [-0.1, -0.05) is 0 Å². The molecule has 0 aromatic carbocycles. The van der Waals surface area contributed by atoms with Crippen LogP contribution in [0.3, 0.4) is 0 Å². The van der Waals surface area contributed by atoms with Crippen LogP contribution in [0.2, 0.25) is 0 Å². The van der Waals surface area contributed by atoms with Crippen molar-refractivity contribution in [2.45, 2.75) is 51.0 Å². The van der Waals surface area contributed by atoms with Gasteiger partial charge in [-0.05, 0) is 44.6 Å². The van der Waals surface area contributed by atoms with E-state index in [1.807, 2.05) is 0 Å². The molecule has 0 saturated heterocycles. The lowest BCUT2D eigenvalue weighted by molar-refractivity contribution is -0.142. The molecule has 3 rings (SSSR count). The Morgan fingerprint density at radius 1 is 1.12 bits per heavy atom. The lowest BCUT2D eigenvalue weighted by Gasteiger charge is -2.26. The van der Waals surface area contributed by atoms with Gasteiger partial charge in [0, 0.05) is 23.7 Å². The Bertz CT molecular complexity index is 744. The molecule has 0 aliphatic heterocycles. The van der Waals surface area contributed by atoms with Crippen LogP contribution < -0.4 is 10.9 Å². The van der Waals surface area contributed by atoms with Gasteiger partial charge in [0.25, 0.3) is 11.5 Å². The molecule has 24 heavy (non-hydrogen) atoms. The van der Waals surface area contributed by atoms with Gasteiger partial charge in [0.1, 0.15) is 5.56 Å². The van der Waals surface area contributed by atoms with Crippen LogP contribution in [0.15, 0.2) is 10.9 Å². The van der Waals surface area contributed by atoms with E-state index in [-0.39, 0.29) is 23.3 Å². The summed E-state index contributed by atoms with van der Waals surface area (Å²) < 4.78 is 0. The minimum absolute atomic E-state index is 0.0515. The van der Waals surface area contributed by atoms with Gasteiger partial charge < -0.3 is 15.4 Å². The minimum atomic E-state index is -0.801. The Balaban J connectivity index is 1.72. The Labute approximate surface area is 138 Å². The highest BCUT2D eigenvalue weighted by Crippen LogP contribution is 2.25. The van der Waals surface area contributed by atoms with E-state index in [0.717, 1.165) is 0 Å². The maximum atomic E-state index is 12.4. The Morgan fingerprint density at radius 2 is 1.83 bits per heavy atom. The van der Waals surface area contributed by atoms with Crippen LogP contribution in [0, 0.1) is 5.92 Å². The number of carboxylic acid groups (broad SMARTS) is 1. The number of hydrogen-bond donors (Lipinski definition) is 3. The molecule has 2 aliphatic rings. The number of carboxylic acids is 1. The van der Waals surface area contributed by atoms with Gasteiger partial charge in [-0.25, -0.2) is 0 Å². The molecule has 0 bridgehead atoms. The fourth-order valence-corrected chi connectivity index (χ4v) is 3.49. The quantitative estimate of drug-likeness (QED) is 0.770. The second-order valence-corrected chi connectivity index (χ2v) is 6.54. The monoisotopic (exact) mass is 332 g/mol. The zero-order valence-electron chi connectivity index (χ0n) is 13.3. The first-order valence-electron chi connectivity index (χ1n) is 8.28. The van der Waals surface area contributed by atoms with Crippen molar-refractivity contribution in [1.29, 1.82) is 0 Å². The van der Waals surface area contributed by atoms with E-state index in [0.29, 0.717) is 56.2 Å². The van der Waals surface area contributed by atoms with E-state index in [1.165, 1.54) is 6.07 Å². The molecule has 1 aromatic heterocycles. The minimum Gasteiger partial charge on any atom is -0.481 e. The Kier molecular flexibility index (Phi) is 4.51. The van der Waals surface area contributed by atoms with Gasteiger partial charge in [0.15, 0.2) is 5.78 Å². The summed E-state index contributed by atoms with van der Waals surface area (Å²) in [5.41, 5.74) is 0.500. The number of Topliss-reactive ketones (excluding diaryl/α,β-unsaturated/α-hetero) is 1. The maximum Gasteiger partial charge on any atom is 0.306 e. The molecule has 1 heterocycles. The molecule has 0 unspecified atom stereocenters. The van der Waals surface area contributed by atoms with E-state index >= 15 is 0 Å². The number of rotatable bonds is 3. The molecule has 7 nitrogen and oxygen atoms in total. The number of pyridine rings is 1. The standard InChI is InChI=1S/C17H20N2O5/c20-14-3-1-2-13-11(14)8-12(16(22)19-13)15(21)18-10-6-4-9(5-7-10)17(23)24/h8-10H,1-7H2,(H,18,21)(H,19,22)(H,23,24). The second kappa shape index (κ2) is 6.59. The number of aryl methyl sites for hydroxylation is 1. The number of ketones is 1. The first-order chi connectivity index (χ1) is 11.5. The average Bonchev–Trinajstić information content (AvgIpc) is 2.55. The Hall–Kier alpha value is -2.44. The molecule has 0 spiro atoms. The molecule has 7 heteroatoms. The largest absolute Gasteiger partial charge is 0.481 e. The fourth-order valence-electron chi connectivity index (χ4n) is 3.49. The summed E-state index contributed by atoms with van der Waals surface area (Å²) in [5, 5.41) is 11.8. The molecule has 128 valence electrons. The van der Waals surface area contributed by atoms with Crippen LogP contribution in [0.4, 0.5) is 0 Å². The van der Waals surface area contributed by atoms with E-state index in [1.54, 1.807) is 0 Å². The number of carbonyl (C=O) groups is 3. The van der Waals surface area contributed by atoms with Gasteiger partial charge in [-0.2, -0.15) is 0 Å². The summed E-state index contributed by atoms with van der Waals surface area (Å²) in [7, 11) is 0. The number of carbonyl (C=O) groups excluding carboxylic acids is 2. The summed E-state index contributed by atoms with van der Waals surface area (Å²) in [5.74, 6) is -1.72. The van der Waals surface area contributed by atoms with Crippen molar-refractivity contribution in [3.63, 3.8) is 0 Å².